The van der Waals surface area contributed by atoms with Crippen molar-refractivity contribution in [3.05, 3.63) is 28.8 Å². The third-order valence-corrected chi connectivity index (χ3v) is 2.54. The summed E-state index contributed by atoms with van der Waals surface area (Å²) in [7, 11) is 0. The number of benzene rings is 1. The lowest BCUT2D eigenvalue weighted by atomic mass is 10.0. The Labute approximate surface area is 106 Å². The van der Waals surface area contributed by atoms with Crippen LogP contribution in [0.15, 0.2) is 12.1 Å². The largest absolute Gasteiger partial charge is 0.426 e. The lowest BCUT2D eigenvalue weighted by molar-refractivity contribution is -0.131. The number of hydrogen-bond acceptors (Lipinski definition) is 3. The van der Waals surface area contributed by atoms with Crippen molar-refractivity contribution in [2.45, 2.75) is 27.2 Å². The van der Waals surface area contributed by atoms with E-state index in [2.05, 4.69) is 0 Å². The van der Waals surface area contributed by atoms with Crippen LogP contribution in [0.4, 0.5) is 0 Å². The van der Waals surface area contributed by atoms with E-state index in [1.165, 1.54) is 6.92 Å². The minimum Gasteiger partial charge on any atom is -0.426 e. The maximum absolute atomic E-state index is 11.7. The summed E-state index contributed by atoms with van der Waals surface area (Å²) >= 11 is 5.54. The molecule has 1 rings (SSSR count). The van der Waals surface area contributed by atoms with Crippen molar-refractivity contribution < 1.29 is 14.3 Å². The zero-order valence-electron chi connectivity index (χ0n) is 10.2. The van der Waals surface area contributed by atoms with Gasteiger partial charge in [-0.2, -0.15) is 0 Å². The molecule has 1 aromatic carbocycles. The molecule has 1 aromatic rings. The second-order valence-corrected chi connectivity index (χ2v) is 4.27. The molecule has 3 nitrogen and oxygen atoms in total. The number of alkyl halides is 1. The monoisotopic (exact) mass is 254 g/mol. The van der Waals surface area contributed by atoms with Crippen LogP contribution in [-0.2, 0) is 4.79 Å². The van der Waals surface area contributed by atoms with Crippen LogP contribution in [0.1, 0.15) is 34.8 Å². The van der Waals surface area contributed by atoms with E-state index in [1.807, 2.05) is 13.8 Å². The summed E-state index contributed by atoms with van der Waals surface area (Å²) in [5, 5.41) is 0. The van der Waals surface area contributed by atoms with Crippen molar-refractivity contribution in [1.82, 2.24) is 0 Å². The van der Waals surface area contributed by atoms with Crippen molar-refractivity contribution in [3.8, 4) is 5.75 Å². The van der Waals surface area contributed by atoms with Gasteiger partial charge in [-0.1, -0.05) is 0 Å². The summed E-state index contributed by atoms with van der Waals surface area (Å²) in [6.07, 6.45) is 0.313. The third-order valence-electron chi connectivity index (χ3n) is 2.35. The van der Waals surface area contributed by atoms with E-state index in [0.29, 0.717) is 23.6 Å². The first kappa shape index (κ1) is 13.7. The van der Waals surface area contributed by atoms with Crippen LogP contribution in [0.25, 0.3) is 0 Å². The minimum atomic E-state index is -0.365. The molecule has 0 aromatic heterocycles. The van der Waals surface area contributed by atoms with Crippen molar-refractivity contribution in [3.63, 3.8) is 0 Å². The zero-order chi connectivity index (χ0) is 13.0. The Bertz CT molecular complexity index is 429. The first-order chi connectivity index (χ1) is 7.95. The molecule has 92 valence electrons. The highest BCUT2D eigenvalue weighted by Gasteiger charge is 2.12. The molecule has 0 saturated heterocycles. The van der Waals surface area contributed by atoms with Crippen LogP contribution >= 0.6 is 11.6 Å². The summed E-state index contributed by atoms with van der Waals surface area (Å²) < 4.78 is 5.09. The van der Waals surface area contributed by atoms with Gasteiger partial charge < -0.3 is 4.74 Å². The van der Waals surface area contributed by atoms with Crippen LogP contribution in [0.2, 0.25) is 0 Å². The molecule has 0 bridgehead atoms. The summed E-state index contributed by atoms with van der Waals surface area (Å²) in [6.45, 7) is 4.97. The number of carbonyl (C=O) groups excluding carboxylic acids is 2. The van der Waals surface area contributed by atoms with Crippen molar-refractivity contribution in [2.75, 3.05) is 5.88 Å². The zero-order valence-corrected chi connectivity index (χ0v) is 10.9. The van der Waals surface area contributed by atoms with Gasteiger partial charge in [0.25, 0.3) is 0 Å². The molecule has 0 atom stereocenters. The van der Waals surface area contributed by atoms with Crippen LogP contribution in [0.3, 0.4) is 0 Å². The normalized spacial score (nSPS) is 10.1. The Hall–Kier alpha value is -1.35. The van der Waals surface area contributed by atoms with E-state index in [0.717, 1.165) is 11.1 Å². The fourth-order valence-corrected chi connectivity index (χ4v) is 1.82. The highest BCUT2D eigenvalue weighted by molar-refractivity contribution is 6.19. The lowest BCUT2D eigenvalue weighted by Crippen LogP contribution is -2.07. The van der Waals surface area contributed by atoms with Crippen LogP contribution in [-0.4, -0.2) is 17.6 Å². The van der Waals surface area contributed by atoms with Gasteiger partial charge in [-0.15, -0.1) is 11.6 Å². The Morgan fingerprint density at radius 3 is 2.18 bits per heavy atom. The second kappa shape index (κ2) is 5.82. The van der Waals surface area contributed by atoms with Gasteiger partial charge in [-0.3, -0.25) is 9.59 Å². The minimum absolute atomic E-state index is 0.000532. The molecule has 0 aliphatic heterocycles. The average molecular weight is 255 g/mol. The highest BCUT2D eigenvalue weighted by Crippen LogP contribution is 2.25. The Balaban J connectivity index is 3.09. The first-order valence-electron chi connectivity index (χ1n) is 5.34. The van der Waals surface area contributed by atoms with E-state index in [4.69, 9.17) is 16.3 Å². The van der Waals surface area contributed by atoms with Crippen molar-refractivity contribution in [2.24, 2.45) is 0 Å². The van der Waals surface area contributed by atoms with Gasteiger partial charge in [0.1, 0.15) is 5.75 Å². The molecule has 0 unspecified atom stereocenters. The molecular formula is C13H15ClO3. The number of hydrogen-bond donors (Lipinski definition) is 0. The number of rotatable bonds is 4. The summed E-state index contributed by atoms with van der Waals surface area (Å²) in [5.41, 5.74) is 2.16. The topological polar surface area (TPSA) is 43.4 Å². The highest BCUT2D eigenvalue weighted by atomic mass is 35.5. The maximum Gasteiger partial charge on any atom is 0.308 e. The molecular weight excluding hydrogens is 240 g/mol. The van der Waals surface area contributed by atoms with Crippen LogP contribution in [0.5, 0.6) is 5.75 Å². The summed E-state index contributed by atoms with van der Waals surface area (Å²) in [5.74, 6) is 0.472. The van der Waals surface area contributed by atoms with Gasteiger partial charge >= 0.3 is 5.97 Å². The fourth-order valence-electron chi connectivity index (χ4n) is 1.65. The van der Waals surface area contributed by atoms with Crippen LogP contribution < -0.4 is 4.74 Å². The van der Waals surface area contributed by atoms with Crippen molar-refractivity contribution >= 4 is 23.4 Å². The quantitative estimate of drug-likeness (QED) is 0.359. The maximum atomic E-state index is 11.7. The number of aryl methyl sites for hydroxylation is 2. The summed E-state index contributed by atoms with van der Waals surface area (Å²) in [4.78, 5) is 22.6. The predicted molar refractivity (Wildman–Crippen MR) is 66.9 cm³/mol. The molecule has 0 aliphatic rings. The molecule has 0 saturated carbocycles. The average Bonchev–Trinajstić information content (AvgIpc) is 2.23. The lowest BCUT2D eigenvalue weighted by Gasteiger charge is -2.11. The number of esters is 1. The molecule has 0 heterocycles. The smallest absolute Gasteiger partial charge is 0.308 e. The second-order valence-electron chi connectivity index (χ2n) is 3.89. The molecule has 17 heavy (non-hydrogen) atoms. The van der Waals surface area contributed by atoms with Gasteiger partial charge in [-0.05, 0) is 37.1 Å². The van der Waals surface area contributed by atoms with E-state index in [-0.39, 0.29) is 11.8 Å². The molecule has 0 N–H and O–H groups in total. The third kappa shape index (κ3) is 3.56. The molecule has 0 radical (unpaired) electrons. The van der Waals surface area contributed by atoms with E-state index < -0.39 is 0 Å². The Morgan fingerprint density at radius 1 is 1.24 bits per heavy atom. The molecule has 0 spiro atoms. The number of ketones is 1. The molecule has 0 amide bonds. The van der Waals surface area contributed by atoms with Gasteiger partial charge in [0.2, 0.25) is 0 Å². The molecule has 4 heteroatoms. The first-order valence-corrected chi connectivity index (χ1v) is 5.88. The Morgan fingerprint density at radius 2 is 1.76 bits per heavy atom. The number of Topliss-reactive ketones (excluding diaryl/α,β-unsaturated/α-hetero) is 1. The van der Waals surface area contributed by atoms with Gasteiger partial charge in [0.15, 0.2) is 5.78 Å². The van der Waals surface area contributed by atoms with Gasteiger partial charge in [0, 0.05) is 24.8 Å². The fraction of sp³-hybridized carbons (Fsp3) is 0.385. The van der Waals surface area contributed by atoms with E-state index in [9.17, 15) is 9.59 Å². The number of carbonyl (C=O) groups is 2. The van der Waals surface area contributed by atoms with Crippen LogP contribution in [0, 0.1) is 13.8 Å². The van der Waals surface area contributed by atoms with E-state index in [1.54, 1.807) is 12.1 Å². The van der Waals surface area contributed by atoms with Gasteiger partial charge in [0.05, 0.1) is 0 Å². The Kier molecular flexibility index (Phi) is 4.70. The standard InChI is InChI=1S/C13H15ClO3/c1-8-6-11(12(16)4-5-14)7-9(2)13(8)17-10(3)15/h6-7H,4-5H2,1-3H3. The molecule has 0 fully saturated rings. The number of halogens is 1. The SMILES string of the molecule is CC(=O)Oc1c(C)cc(C(=O)CCCl)cc1C. The van der Waals surface area contributed by atoms with Gasteiger partial charge in [-0.25, -0.2) is 0 Å². The summed E-state index contributed by atoms with van der Waals surface area (Å²) in [6, 6.07) is 3.44. The van der Waals surface area contributed by atoms with E-state index >= 15 is 0 Å². The predicted octanol–water partition coefficient (Wildman–Crippen LogP) is 3.04. The van der Waals surface area contributed by atoms with Crippen molar-refractivity contribution in [1.29, 1.82) is 0 Å². The number of ether oxygens (including phenoxy) is 1. The molecule has 0 aliphatic carbocycles.